The molecule has 3 aromatic rings. The average molecular weight is 377 g/mol. The lowest BCUT2D eigenvalue weighted by molar-refractivity contribution is -0.123. The summed E-state index contributed by atoms with van der Waals surface area (Å²) in [4.78, 5) is 24.2. The van der Waals surface area contributed by atoms with Gasteiger partial charge in [-0.1, -0.05) is 0 Å². The van der Waals surface area contributed by atoms with Crippen molar-refractivity contribution < 1.29 is 4.79 Å². The van der Waals surface area contributed by atoms with Crippen LogP contribution in [0.5, 0.6) is 0 Å². The Morgan fingerprint density at radius 3 is 2.57 bits per heavy atom. The van der Waals surface area contributed by atoms with E-state index in [0.717, 1.165) is 53.7 Å². The first-order valence-electron chi connectivity index (χ1n) is 10.00. The van der Waals surface area contributed by atoms with Gasteiger partial charge in [-0.15, -0.1) is 0 Å². The fourth-order valence-electron chi connectivity index (χ4n) is 3.96. The zero-order valence-corrected chi connectivity index (χ0v) is 16.8. The minimum atomic E-state index is 0.160. The smallest absolute Gasteiger partial charge is 0.142 e. The van der Waals surface area contributed by atoms with Crippen LogP contribution in [0.4, 0.5) is 0 Å². The number of carbonyl (C=O) groups excluding carboxylic acids is 1. The van der Waals surface area contributed by atoms with Gasteiger partial charge in [0, 0.05) is 60.0 Å². The highest BCUT2D eigenvalue weighted by molar-refractivity contribution is 5.86. The van der Waals surface area contributed by atoms with Crippen molar-refractivity contribution in [2.45, 2.75) is 39.2 Å². The fourth-order valence-corrected chi connectivity index (χ4v) is 3.96. The van der Waals surface area contributed by atoms with E-state index in [4.69, 9.17) is 0 Å². The van der Waals surface area contributed by atoms with Crippen molar-refractivity contribution in [3.63, 3.8) is 0 Å². The van der Waals surface area contributed by atoms with E-state index >= 15 is 0 Å². The molecule has 1 fully saturated rings. The van der Waals surface area contributed by atoms with Crippen LogP contribution in [0.25, 0.3) is 22.0 Å². The molecule has 4 rings (SSSR count). The van der Waals surface area contributed by atoms with E-state index in [1.165, 1.54) is 0 Å². The number of aryl methyl sites for hydroxylation is 1. The Labute approximate surface area is 165 Å². The van der Waals surface area contributed by atoms with Gasteiger partial charge in [-0.25, -0.2) is 0 Å². The van der Waals surface area contributed by atoms with Gasteiger partial charge in [0.05, 0.1) is 17.9 Å². The molecule has 0 amide bonds. The molecule has 0 spiro atoms. The standard InChI is InChI=1S/C22H27N5O/c1-15(2)27-6-4-16(5-7-27)22(28)10-20-9-17-8-18(11-24-21(17)13-23-20)19-12-25-26(3)14-19/h8-9,11-16H,4-7,10H2,1-3H3. The molecular formula is C22H27N5O. The quantitative estimate of drug-likeness (QED) is 0.683. The number of carbonyl (C=O) groups is 1. The molecule has 6 heteroatoms. The second kappa shape index (κ2) is 7.80. The van der Waals surface area contributed by atoms with E-state index in [-0.39, 0.29) is 5.92 Å². The summed E-state index contributed by atoms with van der Waals surface area (Å²) in [5, 5.41) is 5.23. The van der Waals surface area contributed by atoms with Crippen LogP contribution in [0.3, 0.4) is 0 Å². The maximum atomic E-state index is 12.8. The van der Waals surface area contributed by atoms with Crippen LogP contribution in [0.1, 0.15) is 32.4 Å². The van der Waals surface area contributed by atoms with Crippen LogP contribution < -0.4 is 0 Å². The summed E-state index contributed by atoms with van der Waals surface area (Å²) in [7, 11) is 1.90. The average Bonchev–Trinajstić information content (AvgIpc) is 3.14. The first-order chi connectivity index (χ1) is 13.5. The number of nitrogens with zero attached hydrogens (tertiary/aromatic N) is 5. The van der Waals surface area contributed by atoms with Crippen molar-refractivity contribution in [1.82, 2.24) is 24.6 Å². The lowest BCUT2D eigenvalue weighted by Gasteiger charge is -2.33. The molecule has 3 aromatic heterocycles. The zero-order chi connectivity index (χ0) is 19.7. The maximum absolute atomic E-state index is 12.8. The Morgan fingerprint density at radius 1 is 1.11 bits per heavy atom. The van der Waals surface area contributed by atoms with E-state index in [1.807, 2.05) is 31.7 Å². The first-order valence-corrected chi connectivity index (χ1v) is 10.00. The van der Waals surface area contributed by atoms with Gasteiger partial charge in [-0.05, 0) is 51.9 Å². The third-order valence-electron chi connectivity index (χ3n) is 5.73. The number of aromatic nitrogens is 4. The number of pyridine rings is 2. The van der Waals surface area contributed by atoms with E-state index in [9.17, 15) is 4.79 Å². The number of Topliss-reactive ketones (excluding diaryl/α,β-unsaturated/α-hetero) is 1. The van der Waals surface area contributed by atoms with Crippen molar-refractivity contribution in [1.29, 1.82) is 0 Å². The molecule has 4 heterocycles. The Morgan fingerprint density at radius 2 is 1.89 bits per heavy atom. The molecule has 6 nitrogen and oxygen atoms in total. The summed E-state index contributed by atoms with van der Waals surface area (Å²) in [5.41, 5.74) is 3.72. The van der Waals surface area contributed by atoms with Crippen LogP contribution in [-0.4, -0.2) is 49.6 Å². The lowest BCUT2D eigenvalue weighted by atomic mass is 9.89. The van der Waals surface area contributed by atoms with Gasteiger partial charge in [0.15, 0.2) is 0 Å². The summed E-state index contributed by atoms with van der Waals surface area (Å²) in [6.07, 6.45) is 9.73. The van der Waals surface area contributed by atoms with Crippen molar-refractivity contribution >= 4 is 16.7 Å². The minimum Gasteiger partial charge on any atom is -0.301 e. The van der Waals surface area contributed by atoms with Crippen molar-refractivity contribution in [2.24, 2.45) is 13.0 Å². The molecule has 1 aliphatic heterocycles. The normalized spacial score (nSPS) is 16.1. The van der Waals surface area contributed by atoms with Gasteiger partial charge in [-0.2, -0.15) is 5.10 Å². The molecule has 0 unspecified atom stereocenters. The predicted octanol–water partition coefficient (Wildman–Crippen LogP) is 3.26. The number of piperidine rings is 1. The number of hydrogen-bond acceptors (Lipinski definition) is 5. The van der Waals surface area contributed by atoms with Gasteiger partial charge in [0.2, 0.25) is 0 Å². The number of hydrogen-bond donors (Lipinski definition) is 0. The van der Waals surface area contributed by atoms with Gasteiger partial charge in [0.25, 0.3) is 0 Å². The third-order valence-corrected chi connectivity index (χ3v) is 5.73. The largest absolute Gasteiger partial charge is 0.301 e. The third kappa shape index (κ3) is 3.97. The number of fused-ring (bicyclic) bond motifs is 1. The molecule has 0 N–H and O–H groups in total. The SMILES string of the molecule is CC(C)N1CCC(C(=O)Cc2cc3cc(-c4cnn(C)c4)cnc3cn2)CC1. The van der Waals surface area contributed by atoms with Crippen molar-refractivity contribution in [3.8, 4) is 11.1 Å². The molecule has 28 heavy (non-hydrogen) atoms. The molecule has 0 bridgehead atoms. The van der Waals surface area contributed by atoms with Gasteiger partial charge >= 0.3 is 0 Å². The minimum absolute atomic E-state index is 0.160. The molecule has 1 aliphatic rings. The van der Waals surface area contributed by atoms with Crippen molar-refractivity contribution in [2.75, 3.05) is 13.1 Å². The topological polar surface area (TPSA) is 63.9 Å². The first kappa shape index (κ1) is 18.7. The lowest BCUT2D eigenvalue weighted by Crippen LogP contribution is -2.40. The molecule has 0 aromatic carbocycles. The second-order valence-corrected chi connectivity index (χ2v) is 8.04. The van der Waals surface area contributed by atoms with E-state index in [2.05, 4.69) is 39.9 Å². The van der Waals surface area contributed by atoms with Gasteiger partial charge in [-0.3, -0.25) is 19.4 Å². The zero-order valence-electron chi connectivity index (χ0n) is 16.8. The van der Waals surface area contributed by atoms with Crippen LogP contribution in [-0.2, 0) is 18.3 Å². The molecule has 0 radical (unpaired) electrons. The predicted molar refractivity (Wildman–Crippen MR) is 110 cm³/mol. The molecule has 0 aliphatic carbocycles. The molecule has 1 saturated heterocycles. The molecule has 0 saturated carbocycles. The van der Waals surface area contributed by atoms with Crippen molar-refractivity contribution in [3.05, 3.63) is 42.6 Å². The highest BCUT2D eigenvalue weighted by Crippen LogP contribution is 2.24. The van der Waals surface area contributed by atoms with Crippen LogP contribution >= 0.6 is 0 Å². The maximum Gasteiger partial charge on any atom is 0.142 e. The van der Waals surface area contributed by atoms with E-state index in [1.54, 1.807) is 10.9 Å². The Hall–Kier alpha value is -2.60. The Bertz CT molecular complexity index is 986. The number of ketones is 1. The van der Waals surface area contributed by atoms with Gasteiger partial charge in [0.1, 0.15) is 5.78 Å². The highest BCUT2D eigenvalue weighted by Gasteiger charge is 2.26. The fraction of sp³-hybridized carbons (Fsp3) is 0.455. The number of likely N-dealkylation sites (tertiary alicyclic amines) is 1. The Kier molecular flexibility index (Phi) is 5.22. The van der Waals surface area contributed by atoms with E-state index in [0.29, 0.717) is 18.2 Å². The van der Waals surface area contributed by atoms with E-state index < -0.39 is 0 Å². The second-order valence-electron chi connectivity index (χ2n) is 8.04. The van der Waals surface area contributed by atoms with Crippen LogP contribution in [0.15, 0.2) is 36.9 Å². The summed E-state index contributed by atoms with van der Waals surface area (Å²) >= 11 is 0. The summed E-state index contributed by atoms with van der Waals surface area (Å²) in [6, 6.07) is 4.65. The molecular weight excluding hydrogens is 350 g/mol. The molecule has 0 atom stereocenters. The number of rotatable bonds is 5. The summed E-state index contributed by atoms with van der Waals surface area (Å²) in [6.45, 7) is 6.46. The van der Waals surface area contributed by atoms with Gasteiger partial charge < -0.3 is 4.90 Å². The summed E-state index contributed by atoms with van der Waals surface area (Å²) in [5.74, 6) is 0.471. The highest BCUT2D eigenvalue weighted by atomic mass is 16.1. The van der Waals surface area contributed by atoms with Crippen LogP contribution in [0, 0.1) is 5.92 Å². The summed E-state index contributed by atoms with van der Waals surface area (Å²) < 4.78 is 1.78. The Balaban J connectivity index is 1.49. The monoisotopic (exact) mass is 377 g/mol. The molecule has 146 valence electrons. The van der Waals surface area contributed by atoms with Crippen LogP contribution in [0.2, 0.25) is 0 Å².